The molecule has 0 N–H and O–H groups in total. The zero-order chi connectivity index (χ0) is 5.98. The highest BCUT2D eigenvalue weighted by Crippen LogP contribution is 2.15. The van der Waals surface area contributed by atoms with E-state index in [1.807, 2.05) is 0 Å². The SMILES string of the molecule is CN1CCC[C@@H](I)C1. The van der Waals surface area contributed by atoms with Crippen molar-refractivity contribution in [2.45, 2.75) is 16.8 Å². The molecule has 1 aliphatic rings. The van der Waals surface area contributed by atoms with Gasteiger partial charge in [0.2, 0.25) is 0 Å². The Bertz CT molecular complexity index is 66.9. The van der Waals surface area contributed by atoms with Crippen molar-refractivity contribution in [1.29, 1.82) is 0 Å². The monoisotopic (exact) mass is 225 g/mol. The van der Waals surface area contributed by atoms with Crippen molar-refractivity contribution in [3.8, 4) is 0 Å². The zero-order valence-corrected chi connectivity index (χ0v) is 7.39. The molecule has 0 radical (unpaired) electrons. The summed E-state index contributed by atoms with van der Waals surface area (Å²) >= 11 is 2.53. The Kier molecular flexibility index (Phi) is 2.56. The number of piperidine rings is 1. The predicted octanol–water partition coefficient (Wildman–Crippen LogP) is 1.52. The topological polar surface area (TPSA) is 3.24 Å². The molecule has 0 amide bonds. The highest BCUT2D eigenvalue weighted by molar-refractivity contribution is 14.1. The molecule has 2 heteroatoms. The van der Waals surface area contributed by atoms with Crippen LogP contribution in [0.25, 0.3) is 0 Å². The average Bonchev–Trinajstić information content (AvgIpc) is 1.64. The third-order valence-corrected chi connectivity index (χ3v) is 2.58. The number of hydrogen-bond acceptors (Lipinski definition) is 1. The molecule has 1 rings (SSSR count). The number of alkyl halides is 1. The molecule has 48 valence electrons. The summed E-state index contributed by atoms with van der Waals surface area (Å²) in [7, 11) is 2.20. The molecule has 0 aromatic carbocycles. The van der Waals surface area contributed by atoms with Crippen LogP contribution in [0.3, 0.4) is 0 Å². The third kappa shape index (κ3) is 1.90. The summed E-state index contributed by atoms with van der Waals surface area (Å²) < 4.78 is 0.909. The Labute approximate surface area is 64.6 Å². The maximum atomic E-state index is 2.53. The van der Waals surface area contributed by atoms with Gasteiger partial charge < -0.3 is 4.90 Å². The van der Waals surface area contributed by atoms with Crippen LogP contribution in [0.1, 0.15) is 12.8 Å². The van der Waals surface area contributed by atoms with E-state index in [4.69, 9.17) is 0 Å². The number of hydrogen-bond donors (Lipinski definition) is 0. The van der Waals surface area contributed by atoms with E-state index in [0.29, 0.717) is 0 Å². The van der Waals surface area contributed by atoms with Gasteiger partial charge in [-0.2, -0.15) is 0 Å². The van der Waals surface area contributed by atoms with Crippen molar-refractivity contribution in [2.24, 2.45) is 0 Å². The first-order valence-corrected chi connectivity index (χ1v) is 4.36. The lowest BCUT2D eigenvalue weighted by molar-refractivity contribution is 0.288. The van der Waals surface area contributed by atoms with Crippen LogP contribution in [0.2, 0.25) is 0 Å². The van der Waals surface area contributed by atoms with E-state index in [9.17, 15) is 0 Å². The minimum atomic E-state index is 0.909. The van der Waals surface area contributed by atoms with Crippen molar-refractivity contribution in [2.75, 3.05) is 20.1 Å². The molecule has 0 bridgehead atoms. The van der Waals surface area contributed by atoms with Crippen LogP contribution in [-0.4, -0.2) is 29.0 Å². The Morgan fingerprint density at radius 1 is 1.62 bits per heavy atom. The van der Waals surface area contributed by atoms with Crippen LogP contribution in [0.5, 0.6) is 0 Å². The second-order valence-electron chi connectivity index (χ2n) is 2.50. The summed E-state index contributed by atoms with van der Waals surface area (Å²) in [6.07, 6.45) is 2.81. The predicted molar refractivity (Wildman–Crippen MR) is 44.5 cm³/mol. The summed E-state index contributed by atoms with van der Waals surface area (Å²) in [5.41, 5.74) is 0. The molecule has 1 aliphatic heterocycles. The van der Waals surface area contributed by atoms with Gasteiger partial charge in [0.05, 0.1) is 0 Å². The zero-order valence-electron chi connectivity index (χ0n) is 5.23. The maximum absolute atomic E-state index is 2.53. The first-order chi connectivity index (χ1) is 3.79. The van der Waals surface area contributed by atoms with Gasteiger partial charge in [0, 0.05) is 10.5 Å². The van der Waals surface area contributed by atoms with Gasteiger partial charge in [-0.05, 0) is 26.4 Å². The lowest BCUT2D eigenvalue weighted by Crippen LogP contribution is -2.31. The van der Waals surface area contributed by atoms with Crippen molar-refractivity contribution in [3.05, 3.63) is 0 Å². The van der Waals surface area contributed by atoms with Gasteiger partial charge in [-0.15, -0.1) is 0 Å². The lowest BCUT2D eigenvalue weighted by atomic mass is 10.1. The molecule has 0 aromatic rings. The number of likely N-dealkylation sites (tertiary alicyclic amines) is 1. The minimum absolute atomic E-state index is 0.909. The van der Waals surface area contributed by atoms with E-state index in [-0.39, 0.29) is 0 Å². The van der Waals surface area contributed by atoms with E-state index in [1.54, 1.807) is 0 Å². The Hall–Kier alpha value is 0.690. The van der Waals surface area contributed by atoms with Crippen molar-refractivity contribution in [1.82, 2.24) is 4.90 Å². The van der Waals surface area contributed by atoms with Gasteiger partial charge >= 0.3 is 0 Å². The molecule has 0 aromatic heterocycles. The number of halogens is 1. The summed E-state index contributed by atoms with van der Waals surface area (Å²) in [6, 6.07) is 0. The maximum Gasteiger partial charge on any atom is 0.0237 e. The summed E-state index contributed by atoms with van der Waals surface area (Å²) in [4.78, 5) is 2.40. The Balaban J connectivity index is 2.23. The molecular formula is C6H12IN. The molecule has 0 saturated carbocycles. The Morgan fingerprint density at radius 3 is 2.75 bits per heavy atom. The van der Waals surface area contributed by atoms with Crippen LogP contribution in [-0.2, 0) is 0 Å². The van der Waals surface area contributed by atoms with Crippen LogP contribution in [0, 0.1) is 0 Å². The number of rotatable bonds is 0. The van der Waals surface area contributed by atoms with Crippen LogP contribution >= 0.6 is 22.6 Å². The van der Waals surface area contributed by atoms with E-state index in [0.717, 1.165) is 3.92 Å². The van der Waals surface area contributed by atoms with Gasteiger partial charge in [-0.3, -0.25) is 0 Å². The molecule has 1 saturated heterocycles. The second kappa shape index (κ2) is 3.01. The smallest absolute Gasteiger partial charge is 0.0237 e. The van der Waals surface area contributed by atoms with E-state index in [1.165, 1.54) is 25.9 Å². The van der Waals surface area contributed by atoms with Crippen molar-refractivity contribution >= 4 is 22.6 Å². The summed E-state index contributed by atoms with van der Waals surface area (Å²) in [5.74, 6) is 0. The highest BCUT2D eigenvalue weighted by Gasteiger charge is 2.12. The van der Waals surface area contributed by atoms with Crippen molar-refractivity contribution < 1.29 is 0 Å². The van der Waals surface area contributed by atoms with Gasteiger partial charge in [-0.25, -0.2) is 0 Å². The molecule has 0 aliphatic carbocycles. The van der Waals surface area contributed by atoms with E-state index >= 15 is 0 Å². The fourth-order valence-electron chi connectivity index (χ4n) is 1.10. The Morgan fingerprint density at radius 2 is 2.38 bits per heavy atom. The van der Waals surface area contributed by atoms with E-state index in [2.05, 4.69) is 34.5 Å². The number of nitrogens with zero attached hydrogens (tertiary/aromatic N) is 1. The molecule has 1 fully saturated rings. The van der Waals surface area contributed by atoms with Gasteiger partial charge in [0.25, 0.3) is 0 Å². The van der Waals surface area contributed by atoms with Crippen molar-refractivity contribution in [3.63, 3.8) is 0 Å². The van der Waals surface area contributed by atoms with Crippen LogP contribution < -0.4 is 0 Å². The second-order valence-corrected chi connectivity index (χ2v) is 4.26. The first kappa shape index (κ1) is 6.81. The van der Waals surface area contributed by atoms with Crippen LogP contribution in [0.4, 0.5) is 0 Å². The van der Waals surface area contributed by atoms with Gasteiger partial charge in [-0.1, -0.05) is 22.6 Å². The lowest BCUT2D eigenvalue weighted by Gasteiger charge is -2.25. The molecular weight excluding hydrogens is 213 g/mol. The van der Waals surface area contributed by atoms with Gasteiger partial charge in [0.1, 0.15) is 0 Å². The minimum Gasteiger partial charge on any atom is -0.305 e. The van der Waals surface area contributed by atoms with Gasteiger partial charge in [0.15, 0.2) is 0 Å². The molecule has 1 atom stereocenters. The third-order valence-electron chi connectivity index (χ3n) is 1.57. The standard InChI is InChI=1S/C6H12IN/c1-8-4-2-3-6(7)5-8/h6H,2-5H2,1H3/t6-/m1/s1. The fraction of sp³-hybridized carbons (Fsp3) is 1.00. The summed E-state index contributed by atoms with van der Waals surface area (Å²) in [5, 5.41) is 0. The largest absolute Gasteiger partial charge is 0.305 e. The first-order valence-electron chi connectivity index (χ1n) is 3.11. The quantitative estimate of drug-likeness (QED) is 0.446. The summed E-state index contributed by atoms with van der Waals surface area (Å²) in [6.45, 7) is 2.60. The molecule has 0 spiro atoms. The molecule has 1 heterocycles. The molecule has 8 heavy (non-hydrogen) atoms. The van der Waals surface area contributed by atoms with Crippen LogP contribution in [0.15, 0.2) is 0 Å². The molecule has 0 unspecified atom stereocenters. The average molecular weight is 225 g/mol. The van der Waals surface area contributed by atoms with E-state index < -0.39 is 0 Å². The fourth-order valence-corrected chi connectivity index (χ4v) is 2.22. The normalized spacial score (nSPS) is 33.0. The highest BCUT2D eigenvalue weighted by atomic mass is 127. The molecule has 1 nitrogen and oxygen atoms in total.